The Morgan fingerprint density at radius 1 is 1.08 bits per heavy atom. The Morgan fingerprint density at radius 2 is 1.71 bits per heavy atom. The molecule has 1 aromatic heterocycles. The first-order valence-corrected chi connectivity index (χ1v) is 9.86. The lowest BCUT2D eigenvalue weighted by molar-refractivity contribution is -0.114. The quantitative estimate of drug-likeness (QED) is 0.851. The number of carbonyl (C=O) groups excluding carboxylic acids is 2. The van der Waals surface area contributed by atoms with Gasteiger partial charge < -0.3 is 10.6 Å². The van der Waals surface area contributed by atoms with Crippen molar-refractivity contribution >= 4 is 38.0 Å². The molecule has 0 aliphatic carbocycles. The van der Waals surface area contributed by atoms with Crippen LogP contribution in [0.3, 0.4) is 0 Å². The van der Waals surface area contributed by atoms with E-state index in [9.17, 15) is 18.0 Å². The second-order valence-electron chi connectivity index (χ2n) is 5.38. The van der Waals surface area contributed by atoms with Gasteiger partial charge in [0.15, 0.2) is 9.84 Å². The van der Waals surface area contributed by atoms with Crippen LogP contribution in [0.25, 0.3) is 0 Å². The number of rotatable bonds is 5. The molecule has 2 amide bonds. The number of carbonyl (C=O) groups is 2. The number of amides is 2. The lowest BCUT2D eigenvalue weighted by atomic mass is 10.1. The molecule has 0 radical (unpaired) electrons. The van der Waals surface area contributed by atoms with Crippen LogP contribution in [0.5, 0.6) is 0 Å². The van der Waals surface area contributed by atoms with E-state index in [1.165, 1.54) is 30.4 Å². The van der Waals surface area contributed by atoms with Crippen LogP contribution in [0.1, 0.15) is 35.1 Å². The average Bonchev–Trinajstić information content (AvgIpc) is 2.94. The fourth-order valence-corrected chi connectivity index (χ4v) is 3.54. The van der Waals surface area contributed by atoms with Crippen molar-refractivity contribution in [1.29, 1.82) is 0 Å². The van der Waals surface area contributed by atoms with Gasteiger partial charge >= 0.3 is 0 Å². The summed E-state index contributed by atoms with van der Waals surface area (Å²) in [6.45, 7) is 3.22. The second-order valence-corrected chi connectivity index (χ2v) is 8.48. The maximum absolute atomic E-state index is 12.2. The Balaban J connectivity index is 2.06. The molecule has 1 heterocycles. The topological polar surface area (TPSA) is 92.3 Å². The Labute approximate surface area is 144 Å². The lowest BCUT2D eigenvalue weighted by Gasteiger charge is -2.14. The van der Waals surface area contributed by atoms with Crippen molar-refractivity contribution < 1.29 is 18.0 Å². The van der Waals surface area contributed by atoms with Gasteiger partial charge in [0.25, 0.3) is 5.91 Å². The van der Waals surface area contributed by atoms with Gasteiger partial charge in [0.2, 0.25) is 5.91 Å². The second kappa shape index (κ2) is 7.14. The van der Waals surface area contributed by atoms with Crippen LogP contribution in [0.15, 0.2) is 41.3 Å². The molecule has 128 valence electrons. The molecular weight excluding hydrogens is 348 g/mol. The minimum atomic E-state index is -3.24. The summed E-state index contributed by atoms with van der Waals surface area (Å²) in [5, 5.41) is 6.08. The third-order valence-corrected chi connectivity index (χ3v) is 5.41. The first-order chi connectivity index (χ1) is 11.2. The summed E-state index contributed by atoms with van der Waals surface area (Å²) in [5.41, 5.74) is 0.800. The van der Waals surface area contributed by atoms with E-state index in [4.69, 9.17) is 0 Å². The number of thiophene rings is 1. The predicted octanol–water partition coefficient (Wildman–Crippen LogP) is 2.60. The van der Waals surface area contributed by atoms with Gasteiger partial charge in [-0.1, -0.05) is 12.1 Å². The van der Waals surface area contributed by atoms with Gasteiger partial charge in [-0.15, -0.1) is 11.3 Å². The molecule has 0 bridgehead atoms. The molecule has 1 atom stereocenters. The Kier molecular flexibility index (Phi) is 5.40. The molecule has 2 aromatic rings. The van der Waals surface area contributed by atoms with E-state index in [2.05, 4.69) is 10.6 Å². The SMILES string of the molecule is CC(=O)Nc1ccc(C(=O)N[C@H](C)c2ccc(S(C)(=O)=O)cc2)s1. The molecule has 24 heavy (non-hydrogen) atoms. The van der Waals surface area contributed by atoms with E-state index >= 15 is 0 Å². The molecule has 0 saturated carbocycles. The zero-order valence-corrected chi connectivity index (χ0v) is 15.1. The first-order valence-electron chi connectivity index (χ1n) is 7.15. The van der Waals surface area contributed by atoms with Crippen molar-refractivity contribution in [2.75, 3.05) is 11.6 Å². The number of hydrogen-bond donors (Lipinski definition) is 2. The maximum atomic E-state index is 12.2. The van der Waals surface area contributed by atoms with Crippen molar-refractivity contribution in [1.82, 2.24) is 5.32 Å². The summed E-state index contributed by atoms with van der Waals surface area (Å²) >= 11 is 1.19. The summed E-state index contributed by atoms with van der Waals surface area (Å²) in [7, 11) is -3.24. The minimum absolute atomic E-state index is 0.192. The number of hydrogen-bond acceptors (Lipinski definition) is 5. The fourth-order valence-electron chi connectivity index (χ4n) is 2.06. The third kappa shape index (κ3) is 4.65. The highest BCUT2D eigenvalue weighted by Gasteiger charge is 2.15. The van der Waals surface area contributed by atoms with Crippen molar-refractivity contribution in [3.63, 3.8) is 0 Å². The van der Waals surface area contributed by atoms with Crippen molar-refractivity contribution in [3.05, 3.63) is 46.8 Å². The molecule has 1 aromatic carbocycles. The van der Waals surface area contributed by atoms with E-state index in [0.29, 0.717) is 9.88 Å². The van der Waals surface area contributed by atoms with E-state index in [-0.39, 0.29) is 22.8 Å². The van der Waals surface area contributed by atoms with Crippen LogP contribution in [0.2, 0.25) is 0 Å². The number of anilines is 1. The van der Waals surface area contributed by atoms with E-state index < -0.39 is 9.84 Å². The molecule has 0 unspecified atom stereocenters. The van der Waals surface area contributed by atoms with Gasteiger partial charge in [-0.05, 0) is 36.8 Å². The molecule has 0 fully saturated rings. The van der Waals surface area contributed by atoms with Crippen LogP contribution in [0.4, 0.5) is 5.00 Å². The number of benzene rings is 1. The molecular formula is C16H18N2O4S2. The van der Waals surface area contributed by atoms with Gasteiger partial charge in [-0.3, -0.25) is 9.59 Å². The number of nitrogens with one attached hydrogen (secondary N) is 2. The molecule has 8 heteroatoms. The molecule has 6 nitrogen and oxygen atoms in total. The standard InChI is InChI=1S/C16H18N2O4S2/c1-10(12-4-6-13(7-5-12)24(3,21)22)17-16(20)14-8-9-15(23-14)18-11(2)19/h4-10H,1-3H3,(H,17,20)(H,18,19)/t10-/m1/s1. The van der Waals surface area contributed by atoms with Gasteiger partial charge in [0.1, 0.15) is 0 Å². The Hall–Kier alpha value is -2.19. The molecule has 2 rings (SSSR count). The predicted molar refractivity (Wildman–Crippen MR) is 94.1 cm³/mol. The van der Waals surface area contributed by atoms with Gasteiger partial charge in [0, 0.05) is 13.2 Å². The van der Waals surface area contributed by atoms with Crippen LogP contribution in [0, 0.1) is 0 Å². The van der Waals surface area contributed by atoms with Gasteiger partial charge in [-0.25, -0.2) is 8.42 Å². The molecule has 0 aliphatic heterocycles. The maximum Gasteiger partial charge on any atom is 0.261 e. The van der Waals surface area contributed by atoms with E-state index in [1.54, 1.807) is 24.3 Å². The largest absolute Gasteiger partial charge is 0.345 e. The smallest absolute Gasteiger partial charge is 0.261 e. The zero-order chi connectivity index (χ0) is 17.9. The Morgan fingerprint density at radius 3 is 2.25 bits per heavy atom. The average molecular weight is 366 g/mol. The summed E-state index contributed by atoms with van der Waals surface area (Å²) in [6, 6.07) is 9.44. The highest BCUT2D eigenvalue weighted by molar-refractivity contribution is 7.90. The highest BCUT2D eigenvalue weighted by Crippen LogP contribution is 2.23. The molecule has 0 aliphatic rings. The molecule has 0 saturated heterocycles. The summed E-state index contributed by atoms with van der Waals surface area (Å²) in [4.78, 5) is 24.0. The minimum Gasteiger partial charge on any atom is -0.345 e. The van der Waals surface area contributed by atoms with E-state index in [1.807, 2.05) is 6.92 Å². The van der Waals surface area contributed by atoms with Crippen LogP contribution in [-0.4, -0.2) is 26.5 Å². The van der Waals surface area contributed by atoms with Crippen molar-refractivity contribution in [2.24, 2.45) is 0 Å². The lowest BCUT2D eigenvalue weighted by Crippen LogP contribution is -2.25. The van der Waals surface area contributed by atoms with Crippen LogP contribution < -0.4 is 10.6 Å². The summed E-state index contributed by atoms with van der Waals surface area (Å²) in [5.74, 6) is -0.445. The zero-order valence-electron chi connectivity index (χ0n) is 13.5. The molecule has 2 N–H and O–H groups in total. The Bertz CT molecular complexity index is 854. The monoisotopic (exact) mass is 366 g/mol. The van der Waals surface area contributed by atoms with E-state index in [0.717, 1.165) is 11.8 Å². The van der Waals surface area contributed by atoms with Crippen molar-refractivity contribution in [3.8, 4) is 0 Å². The van der Waals surface area contributed by atoms with Gasteiger partial charge in [0.05, 0.1) is 20.8 Å². The van der Waals surface area contributed by atoms with Crippen LogP contribution >= 0.6 is 11.3 Å². The number of sulfone groups is 1. The molecule has 0 spiro atoms. The third-order valence-electron chi connectivity index (χ3n) is 3.28. The van der Waals surface area contributed by atoms with Crippen LogP contribution in [-0.2, 0) is 14.6 Å². The highest BCUT2D eigenvalue weighted by atomic mass is 32.2. The van der Waals surface area contributed by atoms with Gasteiger partial charge in [-0.2, -0.15) is 0 Å². The first kappa shape index (κ1) is 18.2. The summed E-state index contributed by atoms with van der Waals surface area (Å²) < 4.78 is 22.9. The van der Waals surface area contributed by atoms with Crippen molar-refractivity contribution in [2.45, 2.75) is 24.8 Å². The summed E-state index contributed by atoms with van der Waals surface area (Å²) in [6.07, 6.45) is 1.15. The normalized spacial score (nSPS) is 12.5. The fraction of sp³-hybridized carbons (Fsp3) is 0.250.